The number of ether oxygens (including phenoxy) is 1. The van der Waals surface area contributed by atoms with Crippen molar-refractivity contribution in [2.24, 2.45) is 5.73 Å². The summed E-state index contributed by atoms with van der Waals surface area (Å²) >= 11 is 0. The van der Waals surface area contributed by atoms with E-state index in [1.54, 1.807) is 0 Å². The molecule has 0 heterocycles. The molecule has 0 spiro atoms. The van der Waals surface area contributed by atoms with E-state index in [4.69, 9.17) is 10.8 Å². The van der Waals surface area contributed by atoms with Gasteiger partial charge in [0.2, 0.25) is 0 Å². The number of carboxylic acids is 1. The van der Waals surface area contributed by atoms with Crippen molar-refractivity contribution in [1.29, 1.82) is 0 Å². The summed E-state index contributed by atoms with van der Waals surface area (Å²) in [6.45, 7) is -2.12. The van der Waals surface area contributed by atoms with Gasteiger partial charge in [-0.3, -0.25) is 4.79 Å². The van der Waals surface area contributed by atoms with Crippen LogP contribution in [0.5, 0.6) is 0 Å². The summed E-state index contributed by atoms with van der Waals surface area (Å²) in [4.78, 5) is 9.97. The molecule has 0 aliphatic carbocycles. The molecule has 0 aliphatic rings. The van der Waals surface area contributed by atoms with E-state index in [0.29, 0.717) is 0 Å². The maximum Gasteiger partial charge on any atom is 0.411 e. The van der Waals surface area contributed by atoms with Crippen molar-refractivity contribution in [3.63, 3.8) is 0 Å². The van der Waals surface area contributed by atoms with E-state index in [2.05, 4.69) is 4.74 Å². The van der Waals surface area contributed by atoms with Gasteiger partial charge >= 0.3 is 12.1 Å². The van der Waals surface area contributed by atoms with Gasteiger partial charge in [-0.05, 0) is 0 Å². The maximum absolute atomic E-state index is 11.4. The second-order valence-electron chi connectivity index (χ2n) is 2.08. The zero-order chi connectivity index (χ0) is 9.78. The highest BCUT2D eigenvalue weighted by Crippen LogP contribution is 2.14. The molecule has 0 aromatic heterocycles. The maximum atomic E-state index is 11.4. The lowest BCUT2D eigenvalue weighted by Crippen LogP contribution is -2.36. The molecule has 0 radical (unpaired) electrons. The molecule has 72 valence electrons. The van der Waals surface area contributed by atoms with Gasteiger partial charge in [0, 0.05) is 0 Å². The highest BCUT2D eigenvalue weighted by atomic mass is 19.4. The molecule has 0 saturated heterocycles. The van der Waals surface area contributed by atoms with Gasteiger partial charge in [0.15, 0.2) is 0 Å². The lowest BCUT2D eigenvalue weighted by molar-refractivity contribution is -0.176. The van der Waals surface area contributed by atoms with Crippen LogP contribution in [0.15, 0.2) is 0 Å². The predicted molar refractivity (Wildman–Crippen MR) is 32.5 cm³/mol. The largest absolute Gasteiger partial charge is 0.480 e. The van der Waals surface area contributed by atoms with Gasteiger partial charge in [0.1, 0.15) is 12.6 Å². The van der Waals surface area contributed by atoms with Crippen molar-refractivity contribution < 1.29 is 27.8 Å². The number of carbonyl (C=O) groups is 1. The van der Waals surface area contributed by atoms with Gasteiger partial charge in [-0.1, -0.05) is 0 Å². The molecular formula is C5H8F3NO3. The third-order valence-corrected chi connectivity index (χ3v) is 0.880. The van der Waals surface area contributed by atoms with Gasteiger partial charge in [-0.15, -0.1) is 0 Å². The Morgan fingerprint density at radius 2 is 2.08 bits per heavy atom. The SMILES string of the molecule is N[C@@H](COCC(F)(F)F)C(=O)O. The average molecular weight is 187 g/mol. The van der Waals surface area contributed by atoms with Crippen LogP contribution in [-0.4, -0.2) is 36.5 Å². The fourth-order valence-electron chi connectivity index (χ4n) is 0.373. The van der Waals surface area contributed by atoms with Gasteiger partial charge < -0.3 is 15.6 Å². The van der Waals surface area contributed by atoms with E-state index < -0.39 is 31.4 Å². The molecule has 0 bridgehead atoms. The summed E-state index contributed by atoms with van der Waals surface area (Å²) in [6.07, 6.45) is -4.45. The Labute approximate surface area is 66.1 Å². The second kappa shape index (κ2) is 4.27. The van der Waals surface area contributed by atoms with E-state index in [-0.39, 0.29) is 0 Å². The minimum absolute atomic E-state index is 0.644. The Morgan fingerprint density at radius 3 is 2.42 bits per heavy atom. The smallest absolute Gasteiger partial charge is 0.411 e. The number of hydrogen-bond acceptors (Lipinski definition) is 3. The molecule has 0 aliphatic heterocycles. The van der Waals surface area contributed by atoms with E-state index in [1.807, 2.05) is 0 Å². The zero-order valence-corrected chi connectivity index (χ0v) is 5.97. The standard InChI is InChI=1S/C5H8F3NO3/c6-5(7,8)2-12-1-3(9)4(10)11/h3H,1-2,9H2,(H,10,11)/t3-/m0/s1. The number of aliphatic carboxylic acids is 1. The number of nitrogens with two attached hydrogens (primary N) is 1. The molecule has 0 amide bonds. The Kier molecular flexibility index (Phi) is 3.98. The molecule has 0 aromatic carbocycles. The van der Waals surface area contributed by atoms with Gasteiger partial charge in [-0.25, -0.2) is 0 Å². The first-order valence-electron chi connectivity index (χ1n) is 2.96. The van der Waals surface area contributed by atoms with Gasteiger partial charge in [-0.2, -0.15) is 13.2 Å². The minimum Gasteiger partial charge on any atom is -0.480 e. The van der Waals surface area contributed by atoms with Crippen LogP contribution in [0.1, 0.15) is 0 Å². The first-order chi connectivity index (χ1) is 5.33. The minimum atomic E-state index is -4.45. The Balaban J connectivity index is 3.51. The quantitative estimate of drug-likeness (QED) is 0.648. The predicted octanol–water partition coefficient (Wildman–Crippen LogP) is -0.0228. The fourth-order valence-corrected chi connectivity index (χ4v) is 0.373. The van der Waals surface area contributed by atoms with E-state index >= 15 is 0 Å². The normalized spacial score (nSPS) is 14.3. The number of hydrogen-bond donors (Lipinski definition) is 2. The lowest BCUT2D eigenvalue weighted by Gasteiger charge is -2.09. The molecule has 0 rings (SSSR count). The first-order valence-corrected chi connectivity index (χ1v) is 2.96. The van der Waals surface area contributed by atoms with Gasteiger partial charge in [0.25, 0.3) is 0 Å². The summed E-state index contributed by atoms with van der Waals surface area (Å²) in [5.74, 6) is -1.39. The molecule has 12 heavy (non-hydrogen) atoms. The molecule has 0 aromatic rings. The molecule has 0 fully saturated rings. The molecule has 3 N–H and O–H groups in total. The Hall–Kier alpha value is -0.820. The van der Waals surface area contributed by atoms with E-state index in [1.165, 1.54) is 0 Å². The van der Waals surface area contributed by atoms with Crippen LogP contribution >= 0.6 is 0 Å². The fraction of sp³-hybridized carbons (Fsp3) is 0.800. The number of carboxylic acid groups (broad SMARTS) is 1. The number of halogens is 3. The monoisotopic (exact) mass is 187 g/mol. The van der Waals surface area contributed by atoms with Crippen LogP contribution in [0, 0.1) is 0 Å². The highest BCUT2D eigenvalue weighted by Gasteiger charge is 2.28. The Morgan fingerprint density at radius 1 is 1.58 bits per heavy atom. The molecule has 1 atom stereocenters. The summed E-state index contributed by atoms with van der Waals surface area (Å²) in [5.41, 5.74) is 4.85. The van der Waals surface area contributed by atoms with Crippen molar-refractivity contribution in [1.82, 2.24) is 0 Å². The van der Waals surface area contributed by atoms with Crippen LogP contribution in [0.3, 0.4) is 0 Å². The lowest BCUT2D eigenvalue weighted by atomic mass is 10.3. The van der Waals surface area contributed by atoms with E-state index in [0.717, 1.165) is 0 Å². The highest BCUT2D eigenvalue weighted by molar-refractivity contribution is 5.73. The second-order valence-corrected chi connectivity index (χ2v) is 2.08. The van der Waals surface area contributed by atoms with Crippen LogP contribution in [0.25, 0.3) is 0 Å². The summed E-state index contributed by atoms with van der Waals surface area (Å²) < 4.78 is 38.2. The first kappa shape index (κ1) is 11.2. The Bertz CT molecular complexity index is 159. The molecule has 0 saturated carbocycles. The van der Waals surface area contributed by atoms with Crippen molar-refractivity contribution in [3.8, 4) is 0 Å². The summed E-state index contributed by atoms with van der Waals surface area (Å²) in [7, 11) is 0. The van der Waals surface area contributed by atoms with Crippen LogP contribution in [0.2, 0.25) is 0 Å². The van der Waals surface area contributed by atoms with Crippen LogP contribution in [-0.2, 0) is 9.53 Å². The van der Waals surface area contributed by atoms with Crippen LogP contribution < -0.4 is 5.73 Å². The van der Waals surface area contributed by atoms with Crippen molar-refractivity contribution in [2.75, 3.05) is 13.2 Å². The van der Waals surface area contributed by atoms with Crippen molar-refractivity contribution >= 4 is 5.97 Å². The summed E-state index contributed by atoms with van der Waals surface area (Å²) in [6, 6.07) is -1.41. The number of rotatable bonds is 4. The third-order valence-electron chi connectivity index (χ3n) is 0.880. The molecular weight excluding hydrogens is 179 g/mol. The molecule has 4 nitrogen and oxygen atoms in total. The molecule has 0 unspecified atom stereocenters. The average Bonchev–Trinajstić information content (AvgIpc) is 1.84. The van der Waals surface area contributed by atoms with Crippen LogP contribution in [0.4, 0.5) is 13.2 Å². The molecule has 7 heteroatoms. The van der Waals surface area contributed by atoms with E-state index in [9.17, 15) is 18.0 Å². The summed E-state index contributed by atoms with van der Waals surface area (Å²) in [5, 5.41) is 8.13. The zero-order valence-electron chi connectivity index (χ0n) is 5.97. The van der Waals surface area contributed by atoms with Crippen molar-refractivity contribution in [3.05, 3.63) is 0 Å². The third kappa shape index (κ3) is 5.93. The number of alkyl halides is 3. The van der Waals surface area contributed by atoms with Crippen molar-refractivity contribution in [2.45, 2.75) is 12.2 Å². The topological polar surface area (TPSA) is 72.5 Å². The van der Waals surface area contributed by atoms with Gasteiger partial charge in [0.05, 0.1) is 6.61 Å².